The van der Waals surface area contributed by atoms with E-state index < -0.39 is 47.7 Å². The molecule has 3 amide bonds. The van der Waals surface area contributed by atoms with Gasteiger partial charge in [-0.1, -0.05) is 30.7 Å². The van der Waals surface area contributed by atoms with Crippen molar-refractivity contribution in [2.24, 2.45) is 11.8 Å². The average Bonchev–Trinajstić information content (AvgIpc) is 3.36. The van der Waals surface area contributed by atoms with E-state index in [0.717, 1.165) is 0 Å². The van der Waals surface area contributed by atoms with Gasteiger partial charge in [-0.15, -0.1) is 0 Å². The van der Waals surface area contributed by atoms with Crippen molar-refractivity contribution in [3.8, 4) is 5.75 Å². The number of likely N-dealkylation sites (N-methyl/N-ethyl adjacent to an activating group) is 1. The summed E-state index contributed by atoms with van der Waals surface area (Å²) in [5.41, 5.74) is 0.810. The van der Waals surface area contributed by atoms with Gasteiger partial charge in [0.1, 0.15) is 17.7 Å². The molecular weight excluding hydrogens is 700 g/mol. The number of carbonyl (C=O) groups excluding carboxylic acids is 3. The number of rotatable bonds is 9. The quantitative estimate of drug-likeness (QED) is 0.182. The van der Waals surface area contributed by atoms with E-state index in [1.165, 1.54) is 43.1 Å². The maximum Gasteiger partial charge on any atom is 0.293 e. The second kappa shape index (κ2) is 13.5. The molecule has 13 nitrogen and oxygen atoms in total. The number of alkyl halides is 2. The number of nitrogens with zero attached hydrogens (tertiary/aromatic N) is 5. The van der Waals surface area contributed by atoms with Crippen molar-refractivity contribution in [3.05, 3.63) is 92.5 Å². The van der Waals surface area contributed by atoms with Crippen molar-refractivity contribution < 1.29 is 32.6 Å². The minimum atomic E-state index is -3.43. The Kier molecular flexibility index (Phi) is 9.05. The normalized spacial score (nSPS) is 19.6. The first-order chi connectivity index (χ1) is 24.9. The zero-order valence-corrected chi connectivity index (χ0v) is 28.7. The number of benzene rings is 2. The molecular formula is C36H32ClF2N7O6. The number of pyridine rings is 2. The largest absolute Gasteiger partial charge is 0.478 e. The van der Waals surface area contributed by atoms with E-state index in [1.807, 2.05) is 0 Å². The van der Waals surface area contributed by atoms with Crippen molar-refractivity contribution in [2.45, 2.75) is 25.4 Å². The van der Waals surface area contributed by atoms with Crippen LogP contribution in [0.2, 0.25) is 5.02 Å². The molecule has 3 aliphatic rings. The third-order valence-corrected chi connectivity index (χ3v) is 9.88. The molecule has 2 atom stereocenters. The lowest BCUT2D eigenvalue weighted by atomic mass is 9.89. The first-order valence-electron chi connectivity index (χ1n) is 16.4. The van der Waals surface area contributed by atoms with Crippen LogP contribution in [0.5, 0.6) is 5.75 Å². The first-order valence-corrected chi connectivity index (χ1v) is 16.8. The summed E-state index contributed by atoms with van der Waals surface area (Å²) in [4.78, 5) is 62.1. The van der Waals surface area contributed by atoms with Crippen molar-refractivity contribution in [2.75, 3.05) is 50.2 Å². The van der Waals surface area contributed by atoms with Crippen molar-refractivity contribution >= 4 is 63.2 Å². The number of fused-ring (bicyclic) bond motifs is 2. The highest BCUT2D eigenvalue weighted by Gasteiger charge is 2.57. The second-order valence-corrected chi connectivity index (χ2v) is 13.4. The molecule has 0 radical (unpaired) electrons. The predicted molar refractivity (Wildman–Crippen MR) is 188 cm³/mol. The van der Waals surface area contributed by atoms with Gasteiger partial charge in [0.2, 0.25) is 5.69 Å². The molecule has 268 valence electrons. The number of ether oxygens (including phenoxy) is 2. The summed E-state index contributed by atoms with van der Waals surface area (Å²) in [6, 6.07) is 12.3. The number of hydrogen-bond acceptors (Lipinski definition) is 9. The Morgan fingerprint density at radius 2 is 1.81 bits per heavy atom. The summed E-state index contributed by atoms with van der Waals surface area (Å²) in [5, 5.41) is 6.27. The van der Waals surface area contributed by atoms with Crippen LogP contribution in [-0.2, 0) is 16.1 Å². The fourth-order valence-corrected chi connectivity index (χ4v) is 6.89. The minimum Gasteiger partial charge on any atom is -0.478 e. The number of carbonyl (C=O) groups is 3. The molecule has 3 aliphatic heterocycles. The number of nitrogens with one attached hydrogen (secondary N) is 2. The monoisotopic (exact) mass is 731 g/mol. The molecule has 0 aliphatic carbocycles. The Morgan fingerprint density at radius 3 is 2.44 bits per heavy atom. The highest BCUT2D eigenvalue weighted by Crippen LogP contribution is 2.43. The first kappa shape index (κ1) is 34.8. The van der Waals surface area contributed by atoms with Gasteiger partial charge in [-0.05, 0) is 42.5 Å². The standard InChI is InChI=1S/C36H32ClF2N7O6/c1-19-13-44(15-29(36(19,38)39)46-33(48)23-6-4-5-7-24(23)34(46)49)32-26(40-2)12-25(37)31(43-32)42-22-8-9-27-21(10-22)11-28(52-18-30(47)41-3)35(50)45(27)14-20-16-51-17-20/h4-12,19-20,29H,13-18H2,1,3H3,(H,41,47)(H,42,43). The van der Waals surface area contributed by atoms with Gasteiger partial charge >= 0.3 is 0 Å². The van der Waals surface area contributed by atoms with Gasteiger partial charge in [0.05, 0.1) is 41.5 Å². The van der Waals surface area contributed by atoms with Gasteiger partial charge in [0.25, 0.3) is 29.2 Å². The smallest absolute Gasteiger partial charge is 0.293 e. The van der Waals surface area contributed by atoms with Gasteiger partial charge < -0.3 is 29.6 Å². The van der Waals surface area contributed by atoms with E-state index in [-0.39, 0.29) is 58.3 Å². The molecule has 52 heavy (non-hydrogen) atoms. The SMILES string of the molecule is [C-]#[N+]c1cc(Cl)c(Nc2ccc3c(c2)cc(OCC(=O)NC)c(=O)n3CC2COC2)nc1N1CC(C)C(F)(F)C(N2C(=O)c3ccccc3C2=O)C1. The molecule has 2 fully saturated rings. The third-order valence-electron chi connectivity index (χ3n) is 9.59. The molecule has 7 rings (SSSR count). The summed E-state index contributed by atoms with van der Waals surface area (Å²) in [6.07, 6.45) is 0. The van der Waals surface area contributed by atoms with Crippen LogP contribution in [0.3, 0.4) is 0 Å². The Bertz CT molecular complexity index is 2200. The van der Waals surface area contributed by atoms with Crippen LogP contribution in [0.15, 0.2) is 59.4 Å². The Morgan fingerprint density at radius 1 is 1.10 bits per heavy atom. The Hall–Kier alpha value is -5.59. The number of anilines is 3. The van der Waals surface area contributed by atoms with Crippen LogP contribution in [-0.4, -0.2) is 84.1 Å². The number of amides is 3. The lowest BCUT2D eigenvalue weighted by molar-refractivity contribution is -0.122. The third kappa shape index (κ3) is 6.07. The van der Waals surface area contributed by atoms with E-state index in [4.69, 9.17) is 27.6 Å². The Balaban J connectivity index is 1.22. The molecule has 2 unspecified atom stereocenters. The molecule has 16 heteroatoms. The summed E-state index contributed by atoms with van der Waals surface area (Å²) >= 11 is 6.60. The summed E-state index contributed by atoms with van der Waals surface area (Å²) in [5.74, 6) is -6.50. The number of piperidine rings is 1. The topological polar surface area (TPSA) is 139 Å². The van der Waals surface area contributed by atoms with Gasteiger partial charge in [0.15, 0.2) is 12.4 Å². The van der Waals surface area contributed by atoms with Crippen molar-refractivity contribution in [1.82, 2.24) is 19.8 Å². The maximum absolute atomic E-state index is 15.9. The lowest BCUT2D eigenvalue weighted by Crippen LogP contribution is -2.63. The molecule has 2 aromatic carbocycles. The van der Waals surface area contributed by atoms with Crippen LogP contribution >= 0.6 is 11.6 Å². The van der Waals surface area contributed by atoms with E-state index in [1.54, 1.807) is 34.9 Å². The molecule has 0 bridgehead atoms. The van der Waals surface area contributed by atoms with Crippen LogP contribution in [0.4, 0.5) is 31.8 Å². The van der Waals surface area contributed by atoms with Crippen LogP contribution in [0.25, 0.3) is 15.7 Å². The molecule has 2 saturated heterocycles. The predicted octanol–water partition coefficient (Wildman–Crippen LogP) is 4.87. The van der Waals surface area contributed by atoms with Gasteiger partial charge in [-0.3, -0.25) is 24.1 Å². The highest BCUT2D eigenvalue weighted by molar-refractivity contribution is 6.33. The zero-order valence-electron chi connectivity index (χ0n) is 28.0. The van der Waals surface area contributed by atoms with Gasteiger partial charge in [0, 0.05) is 49.6 Å². The number of hydrogen-bond donors (Lipinski definition) is 2. The Labute approximate surface area is 300 Å². The minimum absolute atomic E-state index is 0.00510. The fraction of sp³-hybridized carbons (Fsp3) is 0.333. The summed E-state index contributed by atoms with van der Waals surface area (Å²) < 4.78 is 44.2. The second-order valence-electron chi connectivity index (χ2n) is 13.0. The molecule has 4 aromatic rings. The van der Waals surface area contributed by atoms with Crippen molar-refractivity contribution in [1.29, 1.82) is 0 Å². The molecule has 2 N–H and O–H groups in total. The number of aromatic nitrogens is 2. The van der Waals surface area contributed by atoms with Crippen LogP contribution in [0, 0.1) is 18.4 Å². The maximum atomic E-state index is 15.9. The molecule has 0 saturated carbocycles. The van der Waals surface area contributed by atoms with Crippen LogP contribution in [0.1, 0.15) is 27.6 Å². The zero-order chi connectivity index (χ0) is 36.9. The number of imide groups is 1. The van der Waals surface area contributed by atoms with Gasteiger partial charge in [-0.2, -0.15) is 0 Å². The van der Waals surface area contributed by atoms with E-state index in [2.05, 4.69) is 20.5 Å². The lowest BCUT2D eigenvalue weighted by Gasteiger charge is -2.45. The summed E-state index contributed by atoms with van der Waals surface area (Å²) in [6.45, 7) is 9.49. The fourth-order valence-electron chi connectivity index (χ4n) is 6.70. The molecule has 5 heterocycles. The average molecular weight is 732 g/mol. The van der Waals surface area contributed by atoms with Crippen molar-refractivity contribution in [3.63, 3.8) is 0 Å². The van der Waals surface area contributed by atoms with E-state index in [0.29, 0.717) is 41.2 Å². The van der Waals surface area contributed by atoms with E-state index >= 15 is 8.78 Å². The van der Waals surface area contributed by atoms with Crippen LogP contribution < -0.4 is 25.8 Å². The summed E-state index contributed by atoms with van der Waals surface area (Å²) in [7, 11) is 1.46. The van der Waals surface area contributed by atoms with Gasteiger partial charge in [-0.25, -0.2) is 18.6 Å². The van der Waals surface area contributed by atoms with E-state index in [9.17, 15) is 19.2 Å². The molecule has 2 aromatic heterocycles. The number of halogens is 3. The molecule has 0 spiro atoms. The highest BCUT2D eigenvalue weighted by atomic mass is 35.5.